The van der Waals surface area contributed by atoms with Gasteiger partial charge in [-0.2, -0.15) is 9.97 Å². The second-order valence-electron chi connectivity index (χ2n) is 11.0. The quantitative estimate of drug-likeness (QED) is 0.220. The first-order chi connectivity index (χ1) is 20.0. The van der Waals surface area contributed by atoms with Gasteiger partial charge in [-0.05, 0) is 63.2 Å². The summed E-state index contributed by atoms with van der Waals surface area (Å²) >= 11 is 6.53. The molecule has 7 aromatic rings. The molecule has 2 aromatic heterocycles. The Morgan fingerprint density at radius 3 is 2.17 bits per heavy atom. The predicted octanol–water partition coefficient (Wildman–Crippen LogP) is 9.73. The van der Waals surface area contributed by atoms with Gasteiger partial charge in [0.2, 0.25) is 5.28 Å². The zero-order valence-electron chi connectivity index (χ0n) is 22.5. The zero-order chi connectivity index (χ0) is 27.7. The van der Waals surface area contributed by atoms with Crippen molar-refractivity contribution in [1.82, 2.24) is 15.0 Å². The van der Waals surface area contributed by atoms with Gasteiger partial charge in [0, 0.05) is 27.3 Å². The molecule has 41 heavy (non-hydrogen) atoms. The van der Waals surface area contributed by atoms with Crippen LogP contribution in [0.1, 0.15) is 25.0 Å². The summed E-state index contributed by atoms with van der Waals surface area (Å²) in [6.45, 7) is 4.55. The van der Waals surface area contributed by atoms with Crippen LogP contribution in [-0.4, -0.2) is 15.0 Å². The fourth-order valence-electron chi connectivity index (χ4n) is 6.33. The van der Waals surface area contributed by atoms with E-state index in [0.717, 1.165) is 38.8 Å². The number of hydrogen-bond acceptors (Lipinski definition) is 4. The highest BCUT2D eigenvalue weighted by atomic mass is 35.5. The van der Waals surface area contributed by atoms with E-state index in [-0.39, 0.29) is 10.7 Å². The fourth-order valence-corrected chi connectivity index (χ4v) is 6.49. The Morgan fingerprint density at radius 1 is 0.585 bits per heavy atom. The molecule has 0 fully saturated rings. The maximum atomic E-state index is 6.53. The van der Waals surface area contributed by atoms with Crippen molar-refractivity contribution in [2.24, 2.45) is 0 Å². The van der Waals surface area contributed by atoms with E-state index in [0.29, 0.717) is 11.6 Å². The molecule has 8 rings (SSSR count). The lowest BCUT2D eigenvalue weighted by Crippen LogP contribution is -2.15. The summed E-state index contributed by atoms with van der Waals surface area (Å²) in [7, 11) is 0. The second-order valence-corrected chi connectivity index (χ2v) is 11.3. The number of furan rings is 1. The topological polar surface area (TPSA) is 51.8 Å². The number of hydrogen-bond donors (Lipinski definition) is 0. The minimum Gasteiger partial charge on any atom is -0.456 e. The molecular weight excluding hydrogens is 526 g/mol. The molecular formula is C36H24ClN3O. The van der Waals surface area contributed by atoms with Crippen LogP contribution in [0.15, 0.2) is 114 Å². The average Bonchev–Trinajstić information content (AvgIpc) is 3.49. The number of benzene rings is 5. The number of nitrogens with zero attached hydrogens (tertiary/aromatic N) is 3. The molecule has 0 N–H and O–H groups in total. The molecule has 0 atom stereocenters. The standard InChI is InChI=1S/C36H24ClN3O/c1-36(2)27-18-19-30-32(26-14-8-9-15-29(26)41-30)31(27)25-17-16-22(20-28(25)36)33-38-34(40-35(37)39-33)24-13-7-6-12-23(24)21-10-4-3-5-11-21/h3-20H,1-2H3. The summed E-state index contributed by atoms with van der Waals surface area (Å²) < 4.78 is 6.22. The second kappa shape index (κ2) is 8.85. The number of fused-ring (bicyclic) bond motifs is 7. The lowest BCUT2D eigenvalue weighted by Gasteiger charge is -2.21. The first kappa shape index (κ1) is 24.0. The van der Waals surface area contributed by atoms with Gasteiger partial charge in [0.05, 0.1) is 0 Å². The third-order valence-corrected chi connectivity index (χ3v) is 8.47. The molecule has 0 saturated heterocycles. The Hall–Kier alpha value is -4.80. The van der Waals surface area contributed by atoms with Crippen molar-refractivity contribution in [3.63, 3.8) is 0 Å². The number of aromatic nitrogens is 3. The Morgan fingerprint density at radius 2 is 1.32 bits per heavy atom. The number of para-hydroxylation sites is 1. The van der Waals surface area contributed by atoms with Crippen molar-refractivity contribution >= 4 is 33.5 Å². The minimum absolute atomic E-state index is 0.169. The third kappa shape index (κ3) is 3.64. The van der Waals surface area contributed by atoms with Gasteiger partial charge in [0.25, 0.3) is 0 Å². The van der Waals surface area contributed by atoms with Gasteiger partial charge >= 0.3 is 0 Å². The Balaban J connectivity index is 1.29. The van der Waals surface area contributed by atoms with Gasteiger partial charge in [-0.1, -0.05) is 105 Å². The molecule has 4 nitrogen and oxygen atoms in total. The Kier molecular flexibility index (Phi) is 5.19. The van der Waals surface area contributed by atoms with Crippen LogP contribution < -0.4 is 0 Å². The van der Waals surface area contributed by atoms with E-state index in [1.165, 1.54) is 27.6 Å². The lowest BCUT2D eigenvalue weighted by molar-refractivity contribution is 0.656. The van der Waals surface area contributed by atoms with Gasteiger partial charge in [-0.3, -0.25) is 0 Å². The van der Waals surface area contributed by atoms with Crippen molar-refractivity contribution in [3.8, 4) is 45.0 Å². The summed E-state index contributed by atoms with van der Waals surface area (Å²) in [6, 6.07) is 37.4. The molecule has 1 aliphatic carbocycles. The maximum Gasteiger partial charge on any atom is 0.226 e. The van der Waals surface area contributed by atoms with E-state index >= 15 is 0 Å². The Labute approximate surface area is 242 Å². The Bertz CT molecular complexity index is 2150. The van der Waals surface area contributed by atoms with Crippen LogP contribution in [-0.2, 0) is 5.41 Å². The molecule has 5 aromatic carbocycles. The highest BCUT2D eigenvalue weighted by Gasteiger charge is 2.37. The van der Waals surface area contributed by atoms with Gasteiger partial charge in [0.1, 0.15) is 11.2 Å². The summed E-state index contributed by atoms with van der Waals surface area (Å²) in [4.78, 5) is 14.0. The minimum atomic E-state index is -0.215. The molecule has 0 saturated carbocycles. The van der Waals surface area contributed by atoms with Crippen molar-refractivity contribution in [2.75, 3.05) is 0 Å². The molecule has 0 bridgehead atoms. The van der Waals surface area contributed by atoms with Gasteiger partial charge in [-0.15, -0.1) is 0 Å². The average molecular weight is 550 g/mol. The predicted molar refractivity (Wildman–Crippen MR) is 166 cm³/mol. The zero-order valence-corrected chi connectivity index (χ0v) is 23.3. The molecule has 2 heterocycles. The van der Waals surface area contributed by atoms with Crippen LogP contribution in [0.3, 0.4) is 0 Å². The largest absolute Gasteiger partial charge is 0.456 e. The van der Waals surface area contributed by atoms with Gasteiger partial charge in [-0.25, -0.2) is 4.98 Å². The van der Waals surface area contributed by atoms with Crippen LogP contribution in [0.5, 0.6) is 0 Å². The molecule has 1 aliphatic rings. The maximum absolute atomic E-state index is 6.53. The molecule has 196 valence electrons. The summed E-state index contributed by atoms with van der Waals surface area (Å²) in [5, 5.41) is 2.47. The van der Waals surface area contributed by atoms with Crippen LogP contribution >= 0.6 is 11.6 Å². The van der Waals surface area contributed by atoms with Crippen molar-refractivity contribution in [3.05, 3.63) is 126 Å². The van der Waals surface area contributed by atoms with E-state index in [2.05, 4.69) is 84.5 Å². The van der Waals surface area contributed by atoms with Crippen LogP contribution in [0, 0.1) is 0 Å². The van der Waals surface area contributed by atoms with Crippen molar-refractivity contribution in [2.45, 2.75) is 19.3 Å². The first-order valence-electron chi connectivity index (χ1n) is 13.7. The van der Waals surface area contributed by atoms with Crippen LogP contribution in [0.2, 0.25) is 5.28 Å². The van der Waals surface area contributed by atoms with Crippen molar-refractivity contribution < 1.29 is 4.42 Å². The van der Waals surface area contributed by atoms with Crippen LogP contribution in [0.4, 0.5) is 0 Å². The number of halogens is 1. The molecule has 0 radical (unpaired) electrons. The van der Waals surface area contributed by atoms with E-state index in [1.807, 2.05) is 48.5 Å². The normalized spacial score (nSPS) is 13.4. The van der Waals surface area contributed by atoms with Crippen LogP contribution in [0.25, 0.3) is 67.0 Å². The monoisotopic (exact) mass is 549 g/mol. The lowest BCUT2D eigenvalue weighted by atomic mass is 9.81. The smallest absolute Gasteiger partial charge is 0.226 e. The number of rotatable bonds is 3. The summed E-state index contributed by atoms with van der Waals surface area (Å²) in [5.41, 5.74) is 10.5. The summed E-state index contributed by atoms with van der Waals surface area (Å²) in [5.74, 6) is 1.10. The van der Waals surface area contributed by atoms with Crippen molar-refractivity contribution in [1.29, 1.82) is 0 Å². The SMILES string of the molecule is CC1(C)c2cc(-c3nc(Cl)nc(-c4ccccc4-c4ccccc4)n3)ccc2-c2c1ccc1oc3ccccc3c21. The van der Waals surface area contributed by atoms with E-state index < -0.39 is 0 Å². The fraction of sp³-hybridized carbons (Fsp3) is 0.0833. The molecule has 0 unspecified atom stereocenters. The third-order valence-electron chi connectivity index (χ3n) is 8.30. The molecule has 0 amide bonds. The highest BCUT2D eigenvalue weighted by molar-refractivity contribution is 6.28. The van der Waals surface area contributed by atoms with E-state index in [1.54, 1.807) is 0 Å². The first-order valence-corrected chi connectivity index (χ1v) is 14.0. The van der Waals surface area contributed by atoms with Gasteiger partial charge < -0.3 is 4.42 Å². The van der Waals surface area contributed by atoms with E-state index in [4.69, 9.17) is 21.0 Å². The summed E-state index contributed by atoms with van der Waals surface area (Å²) in [6.07, 6.45) is 0. The van der Waals surface area contributed by atoms with E-state index in [9.17, 15) is 0 Å². The molecule has 0 spiro atoms. The molecule has 5 heteroatoms. The molecule has 0 aliphatic heterocycles. The highest BCUT2D eigenvalue weighted by Crippen LogP contribution is 2.53. The van der Waals surface area contributed by atoms with Gasteiger partial charge in [0.15, 0.2) is 11.6 Å².